The largest absolute Gasteiger partial charge is 0.469 e. The summed E-state index contributed by atoms with van der Waals surface area (Å²) in [5.74, 6) is -2.14. The molecule has 1 aromatic heterocycles. The van der Waals surface area contributed by atoms with E-state index in [1.54, 1.807) is 0 Å². The fourth-order valence-electron chi connectivity index (χ4n) is 4.52. The summed E-state index contributed by atoms with van der Waals surface area (Å²) in [4.78, 5) is 14.4. The molecule has 0 aliphatic carbocycles. The van der Waals surface area contributed by atoms with E-state index in [1.807, 2.05) is 0 Å². The Morgan fingerprint density at radius 3 is 2.73 bits per heavy atom. The molecule has 0 amide bonds. The number of aromatic nitrogens is 1. The maximum atomic E-state index is 14.6. The third-order valence-electron chi connectivity index (χ3n) is 6.05. The van der Waals surface area contributed by atoms with E-state index < -0.39 is 23.5 Å². The number of benzene rings is 2. The lowest BCUT2D eigenvalue weighted by atomic mass is 9.94. The van der Waals surface area contributed by atoms with Crippen LogP contribution in [0.2, 0.25) is 0 Å². The molecule has 1 atom stereocenters. The number of fused-ring (bicyclic) bond motifs is 3. The molecule has 30 heavy (non-hydrogen) atoms. The highest BCUT2D eigenvalue weighted by atomic mass is 19.1. The summed E-state index contributed by atoms with van der Waals surface area (Å²) in [7, 11) is 3.43. The number of likely N-dealkylation sites (N-methyl/N-ethyl adjacent to an activating group) is 1. The number of ether oxygens (including phenoxy) is 1. The van der Waals surface area contributed by atoms with Crippen LogP contribution < -0.4 is 0 Å². The van der Waals surface area contributed by atoms with E-state index >= 15 is 0 Å². The Labute approximate surface area is 175 Å². The van der Waals surface area contributed by atoms with E-state index in [0.29, 0.717) is 12.1 Å². The van der Waals surface area contributed by atoms with Crippen molar-refractivity contribution in [2.45, 2.75) is 38.8 Å². The Morgan fingerprint density at radius 1 is 1.20 bits per heavy atom. The second-order valence-electron chi connectivity index (χ2n) is 8.19. The molecule has 2 heterocycles. The summed E-state index contributed by atoms with van der Waals surface area (Å²) in [6, 6.07) is 9.92. The van der Waals surface area contributed by atoms with Crippen LogP contribution in [0, 0.1) is 18.6 Å². The van der Waals surface area contributed by atoms with E-state index in [1.165, 1.54) is 41.4 Å². The van der Waals surface area contributed by atoms with Crippen LogP contribution in [0.4, 0.5) is 8.78 Å². The van der Waals surface area contributed by atoms with Gasteiger partial charge in [-0.2, -0.15) is 0 Å². The van der Waals surface area contributed by atoms with Crippen LogP contribution >= 0.6 is 0 Å². The first-order chi connectivity index (χ1) is 14.4. The summed E-state index contributed by atoms with van der Waals surface area (Å²) in [6.45, 7) is 4.30. The fourth-order valence-corrected chi connectivity index (χ4v) is 4.52. The van der Waals surface area contributed by atoms with Gasteiger partial charge in [0.15, 0.2) is 0 Å². The van der Waals surface area contributed by atoms with Gasteiger partial charge >= 0.3 is 5.97 Å². The minimum atomic E-state index is -0.634. The van der Waals surface area contributed by atoms with Gasteiger partial charge < -0.3 is 14.2 Å². The predicted molar refractivity (Wildman–Crippen MR) is 112 cm³/mol. The highest BCUT2D eigenvalue weighted by Crippen LogP contribution is 2.34. The molecule has 4 rings (SSSR count). The molecule has 1 aliphatic heterocycles. The lowest BCUT2D eigenvalue weighted by Crippen LogP contribution is -2.28. The van der Waals surface area contributed by atoms with Crippen LogP contribution in [-0.4, -0.2) is 36.1 Å². The minimum Gasteiger partial charge on any atom is -0.469 e. The van der Waals surface area contributed by atoms with Crippen molar-refractivity contribution in [2.24, 2.45) is 0 Å². The SMILES string of the molecule is COC(=O)CC(Cn1c2c(c3cc(C)ccc31)CN(C)CC2)c1ccc(F)cc1F. The quantitative estimate of drug-likeness (QED) is 0.576. The number of hydrogen-bond acceptors (Lipinski definition) is 3. The summed E-state index contributed by atoms with van der Waals surface area (Å²) >= 11 is 0. The van der Waals surface area contributed by atoms with Gasteiger partial charge in [-0.25, -0.2) is 8.78 Å². The third kappa shape index (κ3) is 3.84. The molecular weight excluding hydrogens is 386 g/mol. The van der Waals surface area contributed by atoms with Gasteiger partial charge in [0, 0.05) is 54.6 Å². The van der Waals surface area contributed by atoms with Crippen LogP contribution in [0.15, 0.2) is 36.4 Å². The third-order valence-corrected chi connectivity index (χ3v) is 6.05. The molecule has 0 bridgehead atoms. The van der Waals surface area contributed by atoms with Gasteiger partial charge in [0.2, 0.25) is 0 Å². The molecule has 0 radical (unpaired) electrons. The number of nitrogens with zero attached hydrogens (tertiary/aromatic N) is 2. The van der Waals surface area contributed by atoms with Crippen molar-refractivity contribution in [3.8, 4) is 0 Å². The second kappa shape index (κ2) is 8.19. The highest BCUT2D eigenvalue weighted by Gasteiger charge is 2.27. The fraction of sp³-hybridized carbons (Fsp3) is 0.375. The number of carbonyl (C=O) groups is 1. The molecule has 1 unspecified atom stereocenters. The second-order valence-corrected chi connectivity index (χ2v) is 8.19. The van der Waals surface area contributed by atoms with E-state index in [-0.39, 0.29) is 6.42 Å². The van der Waals surface area contributed by atoms with Gasteiger partial charge in [-0.05, 0) is 43.3 Å². The van der Waals surface area contributed by atoms with E-state index in [0.717, 1.165) is 31.1 Å². The molecule has 158 valence electrons. The van der Waals surface area contributed by atoms with Crippen LogP contribution in [0.3, 0.4) is 0 Å². The zero-order valence-corrected chi connectivity index (χ0v) is 17.5. The first kappa shape index (κ1) is 20.5. The number of rotatable bonds is 5. The number of aryl methyl sites for hydroxylation is 1. The smallest absolute Gasteiger partial charge is 0.306 e. The Hall–Kier alpha value is -2.73. The maximum absolute atomic E-state index is 14.6. The normalized spacial score (nSPS) is 15.2. The summed E-state index contributed by atoms with van der Waals surface area (Å²) in [5.41, 5.74) is 5.12. The molecule has 0 spiro atoms. The van der Waals surface area contributed by atoms with Crippen LogP contribution in [0.25, 0.3) is 10.9 Å². The van der Waals surface area contributed by atoms with Crippen molar-refractivity contribution in [1.82, 2.24) is 9.47 Å². The van der Waals surface area contributed by atoms with Crippen molar-refractivity contribution in [2.75, 3.05) is 20.7 Å². The summed E-state index contributed by atoms with van der Waals surface area (Å²) in [5, 5.41) is 1.20. The molecule has 0 N–H and O–H groups in total. The zero-order valence-electron chi connectivity index (χ0n) is 17.5. The van der Waals surface area contributed by atoms with Crippen molar-refractivity contribution in [3.05, 3.63) is 70.4 Å². The van der Waals surface area contributed by atoms with Crippen molar-refractivity contribution in [3.63, 3.8) is 0 Å². The molecule has 0 saturated heterocycles. The number of methoxy groups -OCH3 is 1. The standard InChI is InChI=1S/C24H26F2N2O2/c1-15-4-7-22-19(10-15)20-14-27(2)9-8-23(20)28(22)13-16(11-24(29)30-3)18-6-5-17(25)12-21(18)26/h4-7,10,12,16H,8-9,11,13-14H2,1-3H3. The van der Waals surface area contributed by atoms with Crippen molar-refractivity contribution < 1.29 is 18.3 Å². The van der Waals surface area contributed by atoms with Crippen molar-refractivity contribution in [1.29, 1.82) is 0 Å². The predicted octanol–water partition coefficient (Wildman–Crippen LogP) is 4.56. The van der Waals surface area contributed by atoms with Crippen LogP contribution in [-0.2, 0) is 29.0 Å². The minimum absolute atomic E-state index is 0.0270. The van der Waals surface area contributed by atoms with Crippen molar-refractivity contribution >= 4 is 16.9 Å². The number of halogens is 2. The summed E-state index contributed by atoms with van der Waals surface area (Å²) in [6.07, 6.45) is 0.912. The van der Waals surface area contributed by atoms with Gasteiger partial charge in [-0.3, -0.25) is 4.79 Å². The van der Waals surface area contributed by atoms with Gasteiger partial charge in [-0.1, -0.05) is 17.7 Å². The maximum Gasteiger partial charge on any atom is 0.306 e. The number of esters is 1. The highest BCUT2D eigenvalue weighted by molar-refractivity contribution is 5.86. The first-order valence-electron chi connectivity index (χ1n) is 10.2. The zero-order chi connectivity index (χ0) is 21.4. The molecule has 0 saturated carbocycles. The molecule has 3 aromatic rings. The van der Waals surface area contributed by atoms with Gasteiger partial charge in [0.1, 0.15) is 11.6 Å². The molecule has 4 nitrogen and oxygen atoms in total. The van der Waals surface area contributed by atoms with Crippen LogP contribution in [0.5, 0.6) is 0 Å². The Morgan fingerprint density at radius 2 is 2.00 bits per heavy atom. The Balaban J connectivity index is 1.82. The average Bonchev–Trinajstić information content (AvgIpc) is 2.99. The molecule has 1 aliphatic rings. The van der Waals surface area contributed by atoms with Crippen LogP contribution in [0.1, 0.15) is 34.7 Å². The topological polar surface area (TPSA) is 34.5 Å². The monoisotopic (exact) mass is 412 g/mol. The van der Waals surface area contributed by atoms with Gasteiger partial charge in [0.25, 0.3) is 0 Å². The van der Waals surface area contributed by atoms with Gasteiger partial charge in [0.05, 0.1) is 13.5 Å². The molecular formula is C24H26F2N2O2. The molecule has 2 aromatic carbocycles. The lowest BCUT2D eigenvalue weighted by Gasteiger charge is -2.26. The lowest BCUT2D eigenvalue weighted by molar-refractivity contribution is -0.141. The number of carbonyl (C=O) groups excluding carboxylic acids is 1. The van der Waals surface area contributed by atoms with E-state index in [9.17, 15) is 13.6 Å². The van der Waals surface area contributed by atoms with E-state index in [2.05, 4.69) is 41.6 Å². The Kier molecular flexibility index (Phi) is 5.60. The van der Waals surface area contributed by atoms with E-state index in [4.69, 9.17) is 4.74 Å². The average molecular weight is 412 g/mol. The molecule has 0 fully saturated rings. The summed E-state index contributed by atoms with van der Waals surface area (Å²) < 4.78 is 35.2. The van der Waals surface area contributed by atoms with Gasteiger partial charge in [-0.15, -0.1) is 0 Å². The first-order valence-corrected chi connectivity index (χ1v) is 10.2. The number of hydrogen-bond donors (Lipinski definition) is 0. The molecule has 6 heteroatoms. The Bertz CT molecular complexity index is 1110.